The van der Waals surface area contributed by atoms with Crippen LogP contribution in [0.5, 0.6) is 11.5 Å². The van der Waals surface area contributed by atoms with Crippen LogP contribution >= 0.6 is 33.9 Å². The van der Waals surface area contributed by atoms with Crippen molar-refractivity contribution in [3.05, 3.63) is 37.3 Å². The summed E-state index contributed by atoms with van der Waals surface area (Å²) in [6, 6.07) is 3.63. The van der Waals surface area contributed by atoms with Gasteiger partial charge in [-0.1, -0.05) is 13.3 Å². The summed E-state index contributed by atoms with van der Waals surface area (Å²) in [4.78, 5) is 14.2. The van der Waals surface area contributed by atoms with E-state index in [1.54, 1.807) is 17.4 Å². The summed E-state index contributed by atoms with van der Waals surface area (Å²) in [5, 5.41) is 17.6. The Morgan fingerprint density at radius 2 is 2.19 bits per heavy atom. The molecule has 1 aromatic heterocycles. The van der Waals surface area contributed by atoms with Crippen LogP contribution in [0.4, 0.5) is 5.00 Å². The third-order valence-electron chi connectivity index (χ3n) is 5.33. The lowest BCUT2D eigenvalue weighted by Gasteiger charge is -2.27. The minimum absolute atomic E-state index is 0.0155. The van der Waals surface area contributed by atoms with Gasteiger partial charge in [0.05, 0.1) is 16.2 Å². The molecular formula is C19H21IN2O3S. The molecule has 0 bridgehead atoms. The van der Waals surface area contributed by atoms with E-state index in [4.69, 9.17) is 4.74 Å². The van der Waals surface area contributed by atoms with E-state index < -0.39 is 0 Å². The van der Waals surface area contributed by atoms with Gasteiger partial charge < -0.3 is 20.5 Å². The Labute approximate surface area is 170 Å². The maximum atomic E-state index is 12.8. The number of thiophene rings is 1. The minimum Gasteiger partial charge on any atom is -0.504 e. The highest BCUT2D eigenvalue weighted by molar-refractivity contribution is 14.1. The van der Waals surface area contributed by atoms with Crippen molar-refractivity contribution in [2.45, 2.75) is 38.8 Å². The molecule has 0 unspecified atom stereocenters. The Hall–Kier alpha value is -1.48. The Morgan fingerprint density at radius 1 is 1.38 bits per heavy atom. The van der Waals surface area contributed by atoms with Crippen LogP contribution in [0.2, 0.25) is 0 Å². The number of halogens is 1. The summed E-state index contributed by atoms with van der Waals surface area (Å²) in [6.07, 6.45) is 4.09. The third-order valence-corrected chi connectivity index (χ3v) is 7.33. The molecule has 1 aliphatic heterocycles. The van der Waals surface area contributed by atoms with E-state index in [2.05, 4.69) is 40.1 Å². The molecule has 2 aliphatic rings. The molecule has 1 amide bonds. The molecule has 7 heteroatoms. The van der Waals surface area contributed by atoms with Gasteiger partial charge in [-0.05, 0) is 71.0 Å². The van der Waals surface area contributed by atoms with Gasteiger partial charge in [-0.3, -0.25) is 4.79 Å². The average molecular weight is 484 g/mol. The number of anilines is 1. The lowest BCUT2D eigenvalue weighted by atomic mass is 9.85. The van der Waals surface area contributed by atoms with Crippen LogP contribution in [0, 0.1) is 9.49 Å². The molecule has 0 radical (unpaired) electrons. The van der Waals surface area contributed by atoms with Crippen LogP contribution in [0.25, 0.3) is 0 Å². The van der Waals surface area contributed by atoms with Crippen molar-refractivity contribution in [1.29, 1.82) is 0 Å². The second-order valence-electron chi connectivity index (χ2n) is 6.83. The van der Waals surface area contributed by atoms with Crippen molar-refractivity contribution >= 4 is 44.8 Å². The molecule has 0 saturated heterocycles. The molecule has 3 N–H and O–H groups in total. The first kappa shape index (κ1) is 17.9. The largest absolute Gasteiger partial charge is 0.504 e. The van der Waals surface area contributed by atoms with Crippen LogP contribution < -0.4 is 15.4 Å². The van der Waals surface area contributed by atoms with Gasteiger partial charge in [0.1, 0.15) is 11.2 Å². The van der Waals surface area contributed by atoms with Gasteiger partial charge in [-0.15, -0.1) is 11.3 Å². The first-order valence-electron chi connectivity index (χ1n) is 8.80. The molecule has 26 heavy (non-hydrogen) atoms. The van der Waals surface area contributed by atoms with E-state index in [0.29, 0.717) is 9.32 Å². The molecule has 2 heterocycles. The second-order valence-corrected chi connectivity index (χ2v) is 9.10. The zero-order chi connectivity index (χ0) is 18.4. The van der Waals surface area contributed by atoms with Gasteiger partial charge in [0.25, 0.3) is 5.91 Å². The SMILES string of the molecule is CC[C@H]1CCc2c(sc3c2C(=O)N[C@@H](c2cc(I)c(O)c(OC)c2)N3)C1. The molecular weight excluding hydrogens is 463 g/mol. The third kappa shape index (κ3) is 2.94. The standard InChI is InChI=1S/C19H21IN2O3S/c1-3-9-4-5-11-14(6-9)26-19-15(11)18(24)21-17(22-19)10-7-12(20)16(23)13(8-10)25-2/h7-9,17,22-23H,3-6H2,1-2H3,(H,21,24)/t9-,17+/m0/s1. The fourth-order valence-electron chi connectivity index (χ4n) is 3.80. The van der Waals surface area contributed by atoms with Crippen molar-refractivity contribution in [2.24, 2.45) is 5.92 Å². The van der Waals surface area contributed by atoms with Gasteiger partial charge in [0, 0.05) is 4.88 Å². The van der Waals surface area contributed by atoms with Crippen LogP contribution in [-0.4, -0.2) is 18.1 Å². The molecule has 0 fully saturated rings. The van der Waals surface area contributed by atoms with Gasteiger partial charge in [0.2, 0.25) is 0 Å². The zero-order valence-corrected chi connectivity index (χ0v) is 17.7. The number of hydrogen-bond donors (Lipinski definition) is 3. The topological polar surface area (TPSA) is 70.6 Å². The summed E-state index contributed by atoms with van der Waals surface area (Å²) in [6.45, 7) is 2.24. The minimum atomic E-state index is -0.333. The van der Waals surface area contributed by atoms with E-state index in [0.717, 1.165) is 41.3 Å². The predicted molar refractivity (Wildman–Crippen MR) is 111 cm³/mol. The number of rotatable bonds is 3. The molecule has 2 aromatic rings. The number of phenolic OH excluding ortho intramolecular Hbond substituents is 1. The summed E-state index contributed by atoms with van der Waals surface area (Å²) in [5.74, 6) is 1.24. The Bertz CT molecular complexity index is 880. The fourth-order valence-corrected chi connectivity index (χ4v) is 5.81. The highest BCUT2D eigenvalue weighted by atomic mass is 127. The number of hydrogen-bond acceptors (Lipinski definition) is 5. The van der Waals surface area contributed by atoms with Crippen LogP contribution in [0.1, 0.15) is 52.3 Å². The van der Waals surface area contributed by atoms with Crippen LogP contribution in [0.15, 0.2) is 12.1 Å². The number of nitrogens with one attached hydrogen (secondary N) is 2. The van der Waals surface area contributed by atoms with Crippen molar-refractivity contribution in [3.8, 4) is 11.5 Å². The second kappa shape index (κ2) is 6.92. The van der Waals surface area contributed by atoms with E-state index >= 15 is 0 Å². The summed E-state index contributed by atoms with van der Waals surface area (Å²) in [7, 11) is 1.53. The monoisotopic (exact) mass is 484 g/mol. The fraction of sp³-hybridized carbons (Fsp3) is 0.421. The molecule has 1 aliphatic carbocycles. The average Bonchev–Trinajstić information content (AvgIpc) is 3.01. The lowest BCUT2D eigenvalue weighted by molar-refractivity contribution is 0.0935. The van der Waals surface area contributed by atoms with Crippen LogP contribution in [0.3, 0.4) is 0 Å². The molecule has 2 atom stereocenters. The maximum Gasteiger partial charge on any atom is 0.256 e. The van der Waals surface area contributed by atoms with Crippen molar-refractivity contribution < 1.29 is 14.6 Å². The van der Waals surface area contributed by atoms with Crippen LogP contribution in [-0.2, 0) is 12.8 Å². The van der Waals surface area contributed by atoms with E-state index in [9.17, 15) is 9.90 Å². The van der Waals surface area contributed by atoms with Crippen molar-refractivity contribution in [3.63, 3.8) is 0 Å². The maximum absolute atomic E-state index is 12.8. The van der Waals surface area contributed by atoms with Crippen molar-refractivity contribution in [1.82, 2.24) is 5.32 Å². The lowest BCUT2D eigenvalue weighted by Crippen LogP contribution is -2.38. The van der Waals surface area contributed by atoms with Gasteiger partial charge >= 0.3 is 0 Å². The Morgan fingerprint density at radius 3 is 2.92 bits per heavy atom. The first-order valence-corrected chi connectivity index (χ1v) is 10.7. The number of carbonyl (C=O) groups excluding carboxylic acids is 1. The smallest absolute Gasteiger partial charge is 0.256 e. The summed E-state index contributed by atoms with van der Waals surface area (Å²) < 4.78 is 5.94. The van der Waals surface area contributed by atoms with E-state index in [1.807, 2.05) is 6.07 Å². The molecule has 4 rings (SSSR count). The number of fused-ring (bicyclic) bond motifs is 3. The number of amides is 1. The number of benzene rings is 1. The highest BCUT2D eigenvalue weighted by Gasteiger charge is 2.33. The summed E-state index contributed by atoms with van der Waals surface area (Å²) >= 11 is 3.79. The quantitative estimate of drug-likeness (QED) is 0.564. The number of carbonyl (C=O) groups is 1. The zero-order valence-electron chi connectivity index (χ0n) is 14.7. The number of aromatic hydroxyl groups is 1. The van der Waals surface area contributed by atoms with Gasteiger partial charge in [-0.25, -0.2) is 0 Å². The molecule has 138 valence electrons. The Balaban J connectivity index is 1.68. The first-order chi connectivity index (χ1) is 12.5. The number of ether oxygens (including phenoxy) is 1. The van der Waals surface area contributed by atoms with E-state index in [-0.39, 0.29) is 17.8 Å². The predicted octanol–water partition coefficient (Wildman–Crippen LogP) is 4.44. The molecule has 1 aromatic carbocycles. The molecule has 0 spiro atoms. The highest BCUT2D eigenvalue weighted by Crippen LogP contribution is 2.44. The number of methoxy groups -OCH3 is 1. The molecule has 5 nitrogen and oxygen atoms in total. The molecule has 0 saturated carbocycles. The van der Waals surface area contributed by atoms with E-state index in [1.165, 1.54) is 24.0 Å². The summed E-state index contributed by atoms with van der Waals surface area (Å²) in [5.41, 5.74) is 2.92. The Kier molecular flexibility index (Phi) is 4.77. The van der Waals surface area contributed by atoms with Gasteiger partial charge in [-0.2, -0.15) is 0 Å². The van der Waals surface area contributed by atoms with Crippen molar-refractivity contribution in [2.75, 3.05) is 12.4 Å². The van der Waals surface area contributed by atoms with Gasteiger partial charge in [0.15, 0.2) is 11.5 Å². The normalized spacial score (nSPS) is 21.4. The number of phenols is 1.